The minimum atomic E-state index is -4.00. The first-order chi connectivity index (χ1) is 14.3. The lowest BCUT2D eigenvalue weighted by Crippen LogP contribution is -2.37. The number of benzene rings is 2. The predicted octanol–water partition coefficient (Wildman–Crippen LogP) is 0.194. The van der Waals surface area contributed by atoms with E-state index in [1.165, 1.54) is 31.2 Å². The third kappa shape index (κ3) is 6.85. The Bertz CT molecular complexity index is 1190. The molecule has 0 bridgehead atoms. The van der Waals surface area contributed by atoms with Crippen LogP contribution in [0.15, 0.2) is 52.3 Å². The van der Waals surface area contributed by atoms with Gasteiger partial charge in [0.2, 0.25) is 20.0 Å². The molecule has 0 aliphatic rings. The normalized spacial score (nSPS) is 12.8. The second-order valence-corrected chi connectivity index (χ2v) is 9.92. The van der Waals surface area contributed by atoms with Crippen LogP contribution in [-0.2, 0) is 36.0 Å². The molecule has 0 aliphatic carbocycles. The molecular formula is C19H23N3O7S2. The molecule has 2 aromatic carbocycles. The van der Waals surface area contributed by atoms with Gasteiger partial charge in [0.1, 0.15) is 0 Å². The van der Waals surface area contributed by atoms with Crippen molar-refractivity contribution in [3.63, 3.8) is 0 Å². The van der Waals surface area contributed by atoms with Crippen LogP contribution < -0.4 is 15.6 Å². The summed E-state index contributed by atoms with van der Waals surface area (Å²) in [5.74, 6) is -1.40. The number of nitrogens with two attached hydrogens (primary N) is 2. The fourth-order valence-corrected chi connectivity index (χ4v) is 3.65. The average Bonchev–Trinajstić information content (AvgIpc) is 2.66. The number of aryl methyl sites for hydroxylation is 1. The van der Waals surface area contributed by atoms with Gasteiger partial charge in [0.15, 0.2) is 6.10 Å². The Hall–Kier alpha value is -2.80. The first kappa shape index (κ1) is 24.5. The van der Waals surface area contributed by atoms with Crippen molar-refractivity contribution in [2.75, 3.05) is 6.54 Å². The summed E-state index contributed by atoms with van der Waals surface area (Å²) in [4.78, 5) is 24.3. The minimum Gasteiger partial charge on any atom is -0.449 e. The largest absolute Gasteiger partial charge is 0.449 e. The molecular weight excluding hydrogens is 446 g/mol. The van der Waals surface area contributed by atoms with E-state index in [1.54, 1.807) is 19.1 Å². The quantitative estimate of drug-likeness (QED) is 0.462. The van der Waals surface area contributed by atoms with Crippen LogP contribution in [0.4, 0.5) is 0 Å². The summed E-state index contributed by atoms with van der Waals surface area (Å²) < 4.78 is 50.6. The summed E-state index contributed by atoms with van der Waals surface area (Å²) >= 11 is 0. The van der Waals surface area contributed by atoms with Crippen LogP contribution >= 0.6 is 0 Å². The zero-order chi connectivity index (χ0) is 23.4. The maximum Gasteiger partial charge on any atom is 0.339 e. The number of carbonyl (C=O) groups is 2. The van der Waals surface area contributed by atoms with Crippen LogP contribution in [0.25, 0.3) is 0 Å². The average molecular weight is 470 g/mol. The van der Waals surface area contributed by atoms with Gasteiger partial charge in [0.05, 0.1) is 15.4 Å². The molecule has 0 heterocycles. The Labute approximate surface area is 180 Å². The molecule has 2 aromatic rings. The summed E-state index contributed by atoms with van der Waals surface area (Å²) in [6.07, 6.45) is -0.720. The van der Waals surface area contributed by atoms with Gasteiger partial charge in [-0.3, -0.25) is 4.79 Å². The van der Waals surface area contributed by atoms with Crippen LogP contribution in [0, 0.1) is 6.92 Å². The molecule has 1 unspecified atom stereocenters. The van der Waals surface area contributed by atoms with Crippen molar-refractivity contribution in [2.45, 2.75) is 36.2 Å². The van der Waals surface area contributed by atoms with Gasteiger partial charge in [0, 0.05) is 6.54 Å². The van der Waals surface area contributed by atoms with E-state index < -0.39 is 38.0 Å². The Kier molecular flexibility index (Phi) is 7.54. The summed E-state index contributed by atoms with van der Waals surface area (Å²) in [5, 5.41) is 12.7. The van der Waals surface area contributed by atoms with Crippen molar-refractivity contribution in [2.24, 2.45) is 10.3 Å². The van der Waals surface area contributed by atoms with E-state index in [0.717, 1.165) is 11.6 Å². The number of nitrogens with one attached hydrogen (secondary N) is 1. The fourth-order valence-electron chi connectivity index (χ4n) is 2.60. The predicted molar refractivity (Wildman–Crippen MR) is 112 cm³/mol. The second kappa shape index (κ2) is 9.56. The van der Waals surface area contributed by atoms with Crippen molar-refractivity contribution >= 4 is 31.9 Å². The molecule has 1 atom stereocenters. The number of ether oxygens (including phenoxy) is 1. The summed E-state index contributed by atoms with van der Waals surface area (Å²) in [7, 11) is -7.77. The highest BCUT2D eigenvalue weighted by Crippen LogP contribution is 2.16. The molecule has 0 aliphatic heterocycles. The van der Waals surface area contributed by atoms with E-state index in [9.17, 15) is 26.4 Å². The number of carbonyl (C=O) groups excluding carboxylic acids is 2. The van der Waals surface area contributed by atoms with Gasteiger partial charge in [-0.15, -0.1) is 0 Å². The molecule has 0 saturated carbocycles. The zero-order valence-corrected chi connectivity index (χ0v) is 18.5. The van der Waals surface area contributed by atoms with Crippen LogP contribution in [0.1, 0.15) is 28.4 Å². The number of rotatable bonds is 8. The SMILES string of the molecule is Cc1ccc(S(N)(=O)=O)cc1C(=O)OC(C)C(=O)NCCc1ccc(S(N)(=O)=O)cc1. The Balaban J connectivity index is 1.93. The topological polar surface area (TPSA) is 176 Å². The van der Waals surface area contributed by atoms with Crippen LogP contribution in [0.2, 0.25) is 0 Å². The molecule has 0 aromatic heterocycles. The number of amides is 1. The highest BCUT2D eigenvalue weighted by atomic mass is 32.2. The van der Waals surface area contributed by atoms with E-state index in [2.05, 4.69) is 5.32 Å². The maximum absolute atomic E-state index is 12.4. The molecule has 0 saturated heterocycles. The first-order valence-electron chi connectivity index (χ1n) is 9.03. The van der Waals surface area contributed by atoms with Gasteiger partial charge >= 0.3 is 5.97 Å². The van der Waals surface area contributed by atoms with E-state index in [1.807, 2.05) is 0 Å². The molecule has 0 radical (unpaired) electrons. The van der Waals surface area contributed by atoms with Crippen molar-refractivity contribution in [3.05, 3.63) is 59.2 Å². The third-order valence-electron chi connectivity index (χ3n) is 4.38. The van der Waals surface area contributed by atoms with E-state index in [0.29, 0.717) is 12.0 Å². The van der Waals surface area contributed by atoms with E-state index in [4.69, 9.17) is 15.0 Å². The van der Waals surface area contributed by atoms with Gasteiger partial charge in [0.25, 0.3) is 5.91 Å². The Morgan fingerprint density at radius 1 is 0.968 bits per heavy atom. The molecule has 0 fully saturated rings. The monoisotopic (exact) mass is 469 g/mol. The third-order valence-corrected chi connectivity index (χ3v) is 6.22. The highest BCUT2D eigenvalue weighted by molar-refractivity contribution is 7.89. The van der Waals surface area contributed by atoms with Gasteiger partial charge < -0.3 is 10.1 Å². The van der Waals surface area contributed by atoms with Crippen molar-refractivity contribution < 1.29 is 31.2 Å². The van der Waals surface area contributed by atoms with Gasteiger partial charge in [-0.2, -0.15) is 0 Å². The number of esters is 1. The van der Waals surface area contributed by atoms with E-state index >= 15 is 0 Å². The maximum atomic E-state index is 12.4. The zero-order valence-electron chi connectivity index (χ0n) is 16.9. The number of hydrogen-bond acceptors (Lipinski definition) is 7. The van der Waals surface area contributed by atoms with Gasteiger partial charge in [-0.05, 0) is 55.7 Å². The molecule has 0 spiro atoms. The summed E-state index contributed by atoms with van der Waals surface area (Å²) in [6.45, 7) is 3.19. The fraction of sp³-hybridized carbons (Fsp3) is 0.263. The van der Waals surface area contributed by atoms with Crippen LogP contribution in [0.5, 0.6) is 0 Å². The van der Waals surface area contributed by atoms with Crippen molar-refractivity contribution in [1.82, 2.24) is 5.32 Å². The Morgan fingerprint density at radius 3 is 2.06 bits per heavy atom. The summed E-state index contributed by atoms with van der Waals surface area (Å²) in [5.41, 5.74) is 1.22. The molecule has 31 heavy (non-hydrogen) atoms. The Morgan fingerprint density at radius 2 is 1.52 bits per heavy atom. The van der Waals surface area contributed by atoms with Crippen molar-refractivity contribution in [3.8, 4) is 0 Å². The van der Waals surface area contributed by atoms with Crippen LogP contribution in [-0.4, -0.2) is 41.4 Å². The molecule has 5 N–H and O–H groups in total. The second-order valence-electron chi connectivity index (χ2n) is 6.80. The standard InChI is InChI=1S/C19H23N3O7S2/c1-12-3-6-16(31(21,27)28)11-17(12)19(24)29-13(2)18(23)22-10-9-14-4-7-15(8-5-14)30(20,25)26/h3-8,11,13H,9-10H2,1-2H3,(H,22,23)(H2,20,25,26)(H2,21,27,28). The van der Waals surface area contributed by atoms with Crippen LogP contribution in [0.3, 0.4) is 0 Å². The van der Waals surface area contributed by atoms with Gasteiger partial charge in [-0.1, -0.05) is 18.2 Å². The first-order valence-corrected chi connectivity index (χ1v) is 12.1. The van der Waals surface area contributed by atoms with Crippen molar-refractivity contribution in [1.29, 1.82) is 0 Å². The minimum absolute atomic E-state index is 0.0115. The van der Waals surface area contributed by atoms with E-state index in [-0.39, 0.29) is 21.9 Å². The summed E-state index contributed by atoms with van der Waals surface area (Å²) in [6, 6.07) is 9.69. The lowest BCUT2D eigenvalue weighted by molar-refractivity contribution is -0.129. The molecule has 1 amide bonds. The lowest BCUT2D eigenvalue weighted by atomic mass is 10.1. The number of hydrogen-bond donors (Lipinski definition) is 3. The highest BCUT2D eigenvalue weighted by Gasteiger charge is 2.21. The van der Waals surface area contributed by atoms with Gasteiger partial charge in [-0.25, -0.2) is 31.9 Å². The lowest BCUT2D eigenvalue weighted by Gasteiger charge is -2.15. The molecule has 10 nitrogen and oxygen atoms in total. The number of primary sulfonamides is 2. The molecule has 168 valence electrons. The smallest absolute Gasteiger partial charge is 0.339 e. The molecule has 12 heteroatoms. The molecule has 2 rings (SSSR count). The number of sulfonamides is 2.